The van der Waals surface area contributed by atoms with Gasteiger partial charge in [0, 0.05) is 43.7 Å². The molecule has 1 aromatic heterocycles. The molecule has 0 spiro atoms. The van der Waals surface area contributed by atoms with Gasteiger partial charge in [-0.3, -0.25) is 9.59 Å². The number of aryl methyl sites for hydroxylation is 1. The number of esters is 1. The molecule has 0 aliphatic carbocycles. The molecule has 3 aliphatic rings. The van der Waals surface area contributed by atoms with E-state index in [1.54, 1.807) is 18.2 Å². The van der Waals surface area contributed by atoms with Gasteiger partial charge in [-0.05, 0) is 42.0 Å². The number of hydrogen-bond acceptors (Lipinski definition) is 4. The fourth-order valence-electron chi connectivity index (χ4n) is 5.09. The average molecular weight is 392 g/mol. The van der Waals surface area contributed by atoms with Crippen LogP contribution in [0.15, 0.2) is 41.2 Å². The molecule has 3 atom stereocenters. The van der Waals surface area contributed by atoms with Crippen molar-refractivity contribution < 1.29 is 14.3 Å². The van der Waals surface area contributed by atoms with Gasteiger partial charge in [-0.1, -0.05) is 25.1 Å². The quantitative estimate of drug-likeness (QED) is 0.735. The summed E-state index contributed by atoms with van der Waals surface area (Å²) in [7, 11) is 0. The van der Waals surface area contributed by atoms with Crippen molar-refractivity contribution in [2.75, 3.05) is 13.1 Å². The summed E-state index contributed by atoms with van der Waals surface area (Å²) >= 11 is 0. The van der Waals surface area contributed by atoms with Crippen molar-refractivity contribution in [3.8, 4) is 0 Å². The Morgan fingerprint density at radius 1 is 1.14 bits per heavy atom. The van der Waals surface area contributed by atoms with Crippen LogP contribution in [0.1, 0.15) is 46.4 Å². The number of aromatic nitrogens is 1. The smallest absolute Gasteiger partial charge is 0.339 e. The maximum Gasteiger partial charge on any atom is 0.339 e. The van der Waals surface area contributed by atoms with Gasteiger partial charge in [0.2, 0.25) is 0 Å². The van der Waals surface area contributed by atoms with E-state index in [-0.39, 0.29) is 23.3 Å². The van der Waals surface area contributed by atoms with E-state index >= 15 is 0 Å². The van der Waals surface area contributed by atoms with E-state index < -0.39 is 12.1 Å². The molecule has 1 amide bonds. The van der Waals surface area contributed by atoms with E-state index in [9.17, 15) is 14.4 Å². The SMILES string of the molecule is CCc1ccc2c(c1)CC(C(=O)N1CC3CC(C1)c1cccc(=O)n1C3)OC2=O. The monoisotopic (exact) mass is 392 g/mol. The van der Waals surface area contributed by atoms with Gasteiger partial charge < -0.3 is 14.2 Å². The number of fused-ring (bicyclic) bond motifs is 5. The molecule has 0 radical (unpaired) electrons. The summed E-state index contributed by atoms with van der Waals surface area (Å²) in [5.41, 5.74) is 3.65. The van der Waals surface area contributed by atoms with E-state index in [4.69, 9.17) is 4.74 Å². The minimum absolute atomic E-state index is 0.0292. The fraction of sp³-hybridized carbons (Fsp3) is 0.435. The van der Waals surface area contributed by atoms with Gasteiger partial charge in [0.05, 0.1) is 5.56 Å². The third-order valence-electron chi connectivity index (χ3n) is 6.52. The molecule has 5 rings (SSSR count). The van der Waals surface area contributed by atoms with Gasteiger partial charge in [-0.25, -0.2) is 4.79 Å². The van der Waals surface area contributed by atoms with Crippen molar-refractivity contribution in [3.63, 3.8) is 0 Å². The summed E-state index contributed by atoms with van der Waals surface area (Å²) in [5.74, 6) is -0.129. The highest BCUT2D eigenvalue weighted by molar-refractivity contribution is 5.96. The molecule has 150 valence electrons. The highest BCUT2D eigenvalue weighted by Crippen LogP contribution is 2.35. The van der Waals surface area contributed by atoms with Gasteiger partial charge in [-0.2, -0.15) is 0 Å². The van der Waals surface area contributed by atoms with Gasteiger partial charge in [0.25, 0.3) is 11.5 Å². The molecule has 4 heterocycles. The lowest BCUT2D eigenvalue weighted by Crippen LogP contribution is -2.53. The maximum atomic E-state index is 13.3. The highest BCUT2D eigenvalue weighted by Gasteiger charge is 2.40. The predicted octanol–water partition coefficient (Wildman–Crippen LogP) is 2.14. The lowest BCUT2D eigenvalue weighted by Gasteiger charge is -2.43. The molecule has 2 aromatic rings. The summed E-state index contributed by atoms with van der Waals surface area (Å²) in [6, 6.07) is 11.1. The molecular weight excluding hydrogens is 368 g/mol. The van der Waals surface area contributed by atoms with Crippen molar-refractivity contribution in [1.29, 1.82) is 0 Å². The van der Waals surface area contributed by atoms with Gasteiger partial charge >= 0.3 is 5.97 Å². The van der Waals surface area contributed by atoms with Crippen molar-refractivity contribution in [2.45, 2.75) is 44.8 Å². The number of amides is 1. The van der Waals surface area contributed by atoms with Crippen molar-refractivity contribution >= 4 is 11.9 Å². The lowest BCUT2D eigenvalue weighted by atomic mass is 9.82. The van der Waals surface area contributed by atoms with Crippen LogP contribution in [0.3, 0.4) is 0 Å². The number of ether oxygens (including phenoxy) is 1. The average Bonchev–Trinajstić information content (AvgIpc) is 2.73. The number of benzene rings is 1. The topological polar surface area (TPSA) is 68.6 Å². The molecule has 6 nitrogen and oxygen atoms in total. The zero-order valence-electron chi connectivity index (χ0n) is 16.5. The Morgan fingerprint density at radius 3 is 2.83 bits per heavy atom. The fourth-order valence-corrected chi connectivity index (χ4v) is 5.09. The molecule has 1 aromatic carbocycles. The van der Waals surface area contributed by atoms with Crippen LogP contribution in [0, 0.1) is 5.92 Å². The van der Waals surface area contributed by atoms with Crippen LogP contribution in [0.4, 0.5) is 0 Å². The largest absolute Gasteiger partial charge is 0.448 e. The third kappa shape index (κ3) is 3.07. The van der Waals surface area contributed by atoms with Crippen LogP contribution < -0.4 is 5.56 Å². The second-order valence-corrected chi connectivity index (χ2v) is 8.38. The molecule has 2 bridgehead atoms. The Kier molecular flexibility index (Phi) is 4.30. The number of hydrogen-bond donors (Lipinski definition) is 0. The van der Waals surface area contributed by atoms with E-state index in [1.165, 1.54) is 0 Å². The number of pyridine rings is 1. The Morgan fingerprint density at radius 2 is 2.00 bits per heavy atom. The second kappa shape index (κ2) is 6.87. The van der Waals surface area contributed by atoms with Crippen LogP contribution in [-0.2, 0) is 28.9 Å². The van der Waals surface area contributed by atoms with E-state index in [0.717, 1.165) is 29.7 Å². The van der Waals surface area contributed by atoms with Crippen LogP contribution in [0.5, 0.6) is 0 Å². The molecular formula is C23H24N2O4. The minimum Gasteiger partial charge on any atom is -0.448 e. The van der Waals surface area contributed by atoms with Gasteiger partial charge in [0.1, 0.15) is 0 Å². The van der Waals surface area contributed by atoms with Gasteiger partial charge in [0.15, 0.2) is 6.10 Å². The lowest BCUT2D eigenvalue weighted by molar-refractivity contribution is -0.143. The molecule has 1 fully saturated rings. The first-order valence-corrected chi connectivity index (χ1v) is 10.3. The first kappa shape index (κ1) is 18.2. The van der Waals surface area contributed by atoms with Crippen molar-refractivity contribution in [3.05, 3.63) is 69.1 Å². The highest BCUT2D eigenvalue weighted by atomic mass is 16.5. The van der Waals surface area contributed by atoms with Crippen molar-refractivity contribution in [2.24, 2.45) is 5.92 Å². The zero-order valence-corrected chi connectivity index (χ0v) is 16.5. The second-order valence-electron chi connectivity index (χ2n) is 8.38. The molecule has 0 saturated carbocycles. The molecule has 0 N–H and O–H groups in total. The number of carbonyl (C=O) groups excluding carboxylic acids is 2. The Balaban J connectivity index is 1.38. The first-order chi connectivity index (χ1) is 14.0. The predicted molar refractivity (Wildman–Crippen MR) is 107 cm³/mol. The van der Waals surface area contributed by atoms with Crippen LogP contribution in [0.25, 0.3) is 0 Å². The summed E-state index contributed by atoms with van der Waals surface area (Å²) in [5, 5.41) is 0. The van der Waals surface area contributed by atoms with E-state index in [0.29, 0.717) is 31.6 Å². The first-order valence-electron chi connectivity index (χ1n) is 10.3. The standard InChI is InChI=1S/C23H24N2O4/c1-2-14-6-7-18-16(8-14)10-20(29-23(18)28)22(27)24-11-15-9-17(13-24)19-4-3-5-21(26)25(19)12-15/h3-8,15,17,20H,2,9-13H2,1H3. The number of nitrogens with zero attached hydrogens (tertiary/aromatic N) is 2. The minimum atomic E-state index is -0.765. The summed E-state index contributed by atoms with van der Waals surface area (Å²) in [4.78, 5) is 39.7. The number of carbonyl (C=O) groups is 2. The molecule has 6 heteroatoms. The third-order valence-corrected chi connectivity index (χ3v) is 6.52. The Labute approximate surface area is 169 Å². The zero-order chi connectivity index (χ0) is 20.1. The van der Waals surface area contributed by atoms with Crippen LogP contribution in [-0.4, -0.2) is 40.5 Å². The number of piperidine rings is 1. The molecule has 3 aliphatic heterocycles. The molecule has 29 heavy (non-hydrogen) atoms. The van der Waals surface area contributed by atoms with Crippen LogP contribution in [0.2, 0.25) is 0 Å². The van der Waals surface area contributed by atoms with Crippen LogP contribution >= 0.6 is 0 Å². The maximum absolute atomic E-state index is 13.3. The Bertz CT molecular complexity index is 1060. The van der Waals surface area contributed by atoms with E-state index in [1.807, 2.05) is 27.7 Å². The summed E-state index contributed by atoms with van der Waals surface area (Å²) < 4.78 is 7.38. The van der Waals surface area contributed by atoms with E-state index in [2.05, 4.69) is 6.92 Å². The Hall–Kier alpha value is -2.89. The number of rotatable bonds is 2. The molecule has 1 saturated heterocycles. The molecule has 3 unspecified atom stereocenters. The number of cyclic esters (lactones) is 1. The van der Waals surface area contributed by atoms with Gasteiger partial charge in [-0.15, -0.1) is 0 Å². The summed E-state index contributed by atoms with van der Waals surface area (Å²) in [6.45, 7) is 3.88. The summed E-state index contributed by atoms with van der Waals surface area (Å²) in [6.07, 6.45) is 1.53. The normalized spacial score (nSPS) is 25.1. The van der Waals surface area contributed by atoms with Crippen molar-refractivity contribution in [1.82, 2.24) is 9.47 Å². The number of likely N-dealkylation sites (tertiary alicyclic amines) is 1.